The fraction of sp³-hybridized carbons (Fsp3) is 0.0455. The summed E-state index contributed by atoms with van der Waals surface area (Å²) in [5, 5.41) is 2.54. The molecule has 0 aliphatic carbocycles. The summed E-state index contributed by atoms with van der Waals surface area (Å²) >= 11 is 3.54. The number of hydrogen-bond acceptors (Lipinski definition) is 1. The van der Waals surface area contributed by atoms with Crippen LogP contribution in [0.25, 0.3) is 27.5 Å². The van der Waals surface area contributed by atoms with Crippen molar-refractivity contribution >= 4 is 37.7 Å². The summed E-state index contributed by atoms with van der Waals surface area (Å²) in [7, 11) is 0. The van der Waals surface area contributed by atoms with E-state index < -0.39 is 0 Å². The van der Waals surface area contributed by atoms with E-state index in [1.807, 2.05) is 18.5 Å². The highest BCUT2D eigenvalue weighted by Crippen LogP contribution is 2.23. The van der Waals surface area contributed by atoms with Crippen LogP contribution in [-0.2, 0) is 6.54 Å². The van der Waals surface area contributed by atoms with Crippen LogP contribution >= 0.6 is 15.9 Å². The molecule has 126 valence electrons. The van der Waals surface area contributed by atoms with E-state index in [4.69, 9.17) is 0 Å². The molecule has 5 rings (SSSR count). The van der Waals surface area contributed by atoms with Crippen LogP contribution in [0.5, 0.6) is 0 Å². The lowest BCUT2D eigenvalue weighted by Crippen LogP contribution is -1.96. The number of benzene rings is 3. The Balaban J connectivity index is 1.50. The summed E-state index contributed by atoms with van der Waals surface area (Å²) in [4.78, 5) is 4.61. The summed E-state index contributed by atoms with van der Waals surface area (Å²) in [5.41, 5.74) is 4.48. The zero-order valence-corrected chi connectivity index (χ0v) is 15.6. The largest absolute Gasteiger partial charge is 0.349 e. The molecule has 0 radical (unpaired) electrons. The minimum atomic E-state index is 0.842. The lowest BCUT2D eigenvalue weighted by atomic mass is 10.2. The summed E-state index contributed by atoms with van der Waals surface area (Å²) in [6.07, 6.45) is 6.28. The van der Waals surface area contributed by atoms with E-state index in [1.165, 1.54) is 16.3 Å². The Morgan fingerprint density at radius 2 is 1.65 bits per heavy atom. The van der Waals surface area contributed by atoms with Gasteiger partial charge in [0, 0.05) is 29.1 Å². The van der Waals surface area contributed by atoms with Gasteiger partial charge in [-0.25, -0.2) is 4.98 Å². The molecule has 3 aromatic carbocycles. The first-order chi connectivity index (χ1) is 12.8. The van der Waals surface area contributed by atoms with E-state index in [2.05, 4.69) is 97.0 Å². The summed E-state index contributed by atoms with van der Waals surface area (Å²) in [6, 6.07) is 23.2. The van der Waals surface area contributed by atoms with Crippen molar-refractivity contribution < 1.29 is 0 Å². The number of aromatic nitrogens is 3. The third-order valence-corrected chi connectivity index (χ3v) is 5.16. The van der Waals surface area contributed by atoms with Crippen molar-refractivity contribution in [3.63, 3.8) is 0 Å². The van der Waals surface area contributed by atoms with Crippen LogP contribution in [0, 0.1) is 0 Å². The van der Waals surface area contributed by atoms with Gasteiger partial charge in [0.2, 0.25) is 0 Å². The first-order valence-corrected chi connectivity index (χ1v) is 9.32. The lowest BCUT2D eigenvalue weighted by molar-refractivity contribution is 0.811. The monoisotopic (exact) mass is 401 g/mol. The number of nitrogens with zero attached hydrogens (tertiary/aromatic N) is 3. The topological polar surface area (TPSA) is 22.8 Å². The molecule has 5 aromatic rings. The van der Waals surface area contributed by atoms with E-state index in [-0.39, 0.29) is 0 Å². The molecule has 0 bridgehead atoms. The molecule has 0 aliphatic rings. The Hall–Kier alpha value is -2.85. The van der Waals surface area contributed by atoms with Crippen molar-refractivity contribution in [2.75, 3.05) is 0 Å². The van der Waals surface area contributed by atoms with Crippen LogP contribution in [-0.4, -0.2) is 14.1 Å². The molecule has 0 N–H and O–H groups in total. The maximum atomic E-state index is 4.61. The SMILES string of the molecule is Brc1cccc(-n2cnc3cc(Cn4cc5ccccc5c4)ccc32)c1. The zero-order valence-electron chi connectivity index (χ0n) is 14.0. The molecule has 0 unspecified atom stereocenters. The predicted molar refractivity (Wildman–Crippen MR) is 110 cm³/mol. The van der Waals surface area contributed by atoms with E-state index in [1.54, 1.807) is 0 Å². The Morgan fingerprint density at radius 1 is 0.846 bits per heavy atom. The van der Waals surface area contributed by atoms with Gasteiger partial charge >= 0.3 is 0 Å². The quantitative estimate of drug-likeness (QED) is 0.375. The number of hydrogen-bond donors (Lipinski definition) is 0. The van der Waals surface area contributed by atoms with Gasteiger partial charge in [0.25, 0.3) is 0 Å². The van der Waals surface area contributed by atoms with Crippen molar-refractivity contribution in [1.29, 1.82) is 0 Å². The minimum absolute atomic E-state index is 0.842. The second kappa shape index (κ2) is 6.15. The normalized spacial score (nSPS) is 11.4. The number of imidazole rings is 1. The van der Waals surface area contributed by atoms with E-state index in [0.717, 1.165) is 27.7 Å². The van der Waals surface area contributed by atoms with Crippen molar-refractivity contribution in [2.24, 2.45) is 0 Å². The Labute approximate surface area is 159 Å². The second-order valence-electron chi connectivity index (χ2n) is 6.48. The Bertz CT molecular complexity index is 1200. The smallest absolute Gasteiger partial charge is 0.100 e. The molecule has 0 saturated heterocycles. The summed E-state index contributed by atoms with van der Waals surface area (Å²) in [6.45, 7) is 0.842. The van der Waals surface area contributed by atoms with Crippen LogP contribution in [0.1, 0.15) is 5.56 Å². The van der Waals surface area contributed by atoms with E-state index in [0.29, 0.717) is 0 Å². The molecule has 0 atom stereocenters. The van der Waals surface area contributed by atoms with Crippen LogP contribution < -0.4 is 0 Å². The van der Waals surface area contributed by atoms with Gasteiger partial charge in [0.1, 0.15) is 6.33 Å². The first kappa shape index (κ1) is 15.4. The Morgan fingerprint density at radius 3 is 2.42 bits per heavy atom. The van der Waals surface area contributed by atoms with E-state index >= 15 is 0 Å². The standard InChI is InChI=1S/C22H16BrN3/c23-19-6-3-7-20(11-19)26-15-24-21-10-16(8-9-22(21)26)12-25-13-17-4-1-2-5-18(17)14-25/h1-11,13-15H,12H2. The lowest BCUT2D eigenvalue weighted by Gasteiger charge is -2.06. The predicted octanol–water partition coefficient (Wildman–Crippen LogP) is 5.79. The number of fused-ring (bicyclic) bond motifs is 2. The minimum Gasteiger partial charge on any atom is -0.349 e. The fourth-order valence-corrected chi connectivity index (χ4v) is 3.82. The third kappa shape index (κ3) is 2.72. The van der Waals surface area contributed by atoms with Crippen molar-refractivity contribution in [2.45, 2.75) is 6.54 Å². The number of halogens is 1. The first-order valence-electron chi connectivity index (χ1n) is 8.53. The van der Waals surface area contributed by atoms with Crippen molar-refractivity contribution in [3.8, 4) is 5.69 Å². The Kier molecular flexibility index (Phi) is 3.64. The molecular weight excluding hydrogens is 386 g/mol. The van der Waals surface area contributed by atoms with Crippen LogP contribution in [0.15, 0.2) is 89.9 Å². The van der Waals surface area contributed by atoms with Crippen LogP contribution in [0.2, 0.25) is 0 Å². The van der Waals surface area contributed by atoms with Gasteiger partial charge in [-0.2, -0.15) is 0 Å². The fourth-order valence-electron chi connectivity index (χ4n) is 3.43. The highest BCUT2D eigenvalue weighted by Gasteiger charge is 2.07. The van der Waals surface area contributed by atoms with Crippen LogP contribution in [0.3, 0.4) is 0 Å². The zero-order chi connectivity index (χ0) is 17.5. The molecule has 0 amide bonds. The van der Waals surface area contributed by atoms with Gasteiger partial charge in [0.15, 0.2) is 0 Å². The van der Waals surface area contributed by atoms with Gasteiger partial charge < -0.3 is 4.57 Å². The second-order valence-corrected chi connectivity index (χ2v) is 7.39. The molecule has 0 spiro atoms. The van der Waals surface area contributed by atoms with Gasteiger partial charge in [-0.05, 0) is 46.7 Å². The van der Waals surface area contributed by atoms with Gasteiger partial charge in [-0.1, -0.05) is 52.3 Å². The average Bonchev–Trinajstić information content (AvgIpc) is 3.24. The third-order valence-electron chi connectivity index (χ3n) is 4.67. The molecule has 26 heavy (non-hydrogen) atoms. The van der Waals surface area contributed by atoms with Gasteiger partial charge in [-0.15, -0.1) is 0 Å². The van der Waals surface area contributed by atoms with E-state index in [9.17, 15) is 0 Å². The number of rotatable bonds is 3. The maximum Gasteiger partial charge on any atom is 0.100 e. The summed E-state index contributed by atoms with van der Waals surface area (Å²) < 4.78 is 5.42. The maximum absolute atomic E-state index is 4.61. The molecule has 0 aliphatic heterocycles. The van der Waals surface area contributed by atoms with Crippen LogP contribution in [0.4, 0.5) is 0 Å². The highest BCUT2D eigenvalue weighted by atomic mass is 79.9. The van der Waals surface area contributed by atoms with Crippen molar-refractivity contribution in [3.05, 3.63) is 95.5 Å². The average molecular weight is 402 g/mol. The van der Waals surface area contributed by atoms with Gasteiger partial charge in [-0.3, -0.25) is 4.57 Å². The molecule has 2 aromatic heterocycles. The van der Waals surface area contributed by atoms with Gasteiger partial charge in [0.05, 0.1) is 11.0 Å². The molecule has 0 saturated carbocycles. The highest BCUT2D eigenvalue weighted by molar-refractivity contribution is 9.10. The molecule has 4 heteroatoms. The molecule has 2 heterocycles. The van der Waals surface area contributed by atoms with Crippen molar-refractivity contribution in [1.82, 2.24) is 14.1 Å². The molecular formula is C22H16BrN3. The molecule has 0 fully saturated rings. The molecule has 3 nitrogen and oxygen atoms in total. The summed E-state index contributed by atoms with van der Waals surface area (Å²) in [5.74, 6) is 0.